The van der Waals surface area contributed by atoms with Crippen LogP contribution < -0.4 is 10.7 Å². The van der Waals surface area contributed by atoms with E-state index in [9.17, 15) is 4.79 Å². The molecule has 0 spiro atoms. The topological polar surface area (TPSA) is 53.5 Å². The SMILES string of the molecule is C=C(C)c1cccc(C(C)(C)NC(=O)NN=Cc2ccc(C(C)C)cc2)c1. The van der Waals surface area contributed by atoms with Crippen molar-refractivity contribution >= 4 is 17.8 Å². The molecule has 0 saturated heterocycles. The molecule has 0 aliphatic carbocycles. The molecule has 0 aliphatic heterocycles. The van der Waals surface area contributed by atoms with Crippen LogP contribution in [0.4, 0.5) is 4.79 Å². The number of rotatable bonds is 6. The molecule has 2 aromatic rings. The largest absolute Gasteiger partial charge is 0.335 e. The maximum absolute atomic E-state index is 12.2. The number of amides is 2. The molecule has 0 heterocycles. The Morgan fingerprint density at radius 3 is 2.41 bits per heavy atom. The van der Waals surface area contributed by atoms with Gasteiger partial charge in [-0.25, -0.2) is 10.2 Å². The molecule has 27 heavy (non-hydrogen) atoms. The highest BCUT2D eigenvalue weighted by molar-refractivity contribution is 5.82. The number of hydrogen-bond donors (Lipinski definition) is 2. The van der Waals surface area contributed by atoms with Crippen LogP contribution >= 0.6 is 0 Å². The van der Waals surface area contributed by atoms with E-state index in [1.807, 2.05) is 57.2 Å². The van der Waals surface area contributed by atoms with Gasteiger partial charge in [0.25, 0.3) is 0 Å². The Bertz CT molecular complexity index is 833. The molecule has 2 aromatic carbocycles. The van der Waals surface area contributed by atoms with Gasteiger partial charge < -0.3 is 5.32 Å². The summed E-state index contributed by atoms with van der Waals surface area (Å²) < 4.78 is 0. The van der Waals surface area contributed by atoms with Gasteiger partial charge in [-0.15, -0.1) is 0 Å². The van der Waals surface area contributed by atoms with Crippen LogP contribution in [0.25, 0.3) is 5.57 Å². The highest BCUT2D eigenvalue weighted by Gasteiger charge is 2.23. The Morgan fingerprint density at radius 2 is 1.81 bits per heavy atom. The van der Waals surface area contributed by atoms with Crippen LogP contribution in [0.5, 0.6) is 0 Å². The van der Waals surface area contributed by atoms with Crippen molar-refractivity contribution in [3.8, 4) is 0 Å². The van der Waals surface area contributed by atoms with E-state index in [1.165, 1.54) is 5.56 Å². The number of carbonyl (C=O) groups is 1. The van der Waals surface area contributed by atoms with Crippen molar-refractivity contribution in [2.75, 3.05) is 0 Å². The second-order valence-electron chi connectivity index (χ2n) is 7.63. The number of benzene rings is 2. The third-order valence-electron chi connectivity index (χ3n) is 4.49. The van der Waals surface area contributed by atoms with E-state index in [1.54, 1.807) is 6.21 Å². The van der Waals surface area contributed by atoms with Crippen molar-refractivity contribution in [1.29, 1.82) is 0 Å². The molecule has 0 saturated carbocycles. The molecule has 2 rings (SSSR count). The fraction of sp³-hybridized carbons (Fsp3) is 0.304. The monoisotopic (exact) mass is 363 g/mol. The lowest BCUT2D eigenvalue weighted by molar-refractivity contribution is 0.230. The van der Waals surface area contributed by atoms with Crippen LogP contribution in [0.1, 0.15) is 62.8 Å². The normalized spacial score (nSPS) is 11.6. The van der Waals surface area contributed by atoms with Crippen LogP contribution in [0.3, 0.4) is 0 Å². The predicted molar refractivity (Wildman–Crippen MR) is 114 cm³/mol. The van der Waals surface area contributed by atoms with Crippen LogP contribution in [0.2, 0.25) is 0 Å². The molecule has 2 amide bonds. The Morgan fingerprint density at radius 1 is 1.15 bits per heavy atom. The van der Waals surface area contributed by atoms with Crippen molar-refractivity contribution in [3.05, 3.63) is 77.4 Å². The number of nitrogens with one attached hydrogen (secondary N) is 2. The minimum Gasteiger partial charge on any atom is -0.328 e. The molecule has 0 aromatic heterocycles. The third-order valence-corrected chi connectivity index (χ3v) is 4.49. The van der Waals surface area contributed by atoms with Gasteiger partial charge in [0.2, 0.25) is 0 Å². The zero-order valence-electron chi connectivity index (χ0n) is 16.8. The van der Waals surface area contributed by atoms with Gasteiger partial charge >= 0.3 is 6.03 Å². The molecule has 0 atom stereocenters. The highest BCUT2D eigenvalue weighted by atomic mass is 16.2. The first-order chi connectivity index (χ1) is 12.7. The van der Waals surface area contributed by atoms with E-state index in [-0.39, 0.29) is 6.03 Å². The molecule has 142 valence electrons. The minimum absolute atomic E-state index is 0.351. The van der Waals surface area contributed by atoms with Crippen LogP contribution in [-0.4, -0.2) is 12.2 Å². The van der Waals surface area contributed by atoms with Gasteiger partial charge in [0.1, 0.15) is 0 Å². The molecular weight excluding hydrogens is 334 g/mol. The van der Waals surface area contributed by atoms with Crippen LogP contribution in [0, 0.1) is 0 Å². The van der Waals surface area contributed by atoms with E-state index in [2.05, 4.69) is 48.4 Å². The standard InChI is InChI=1S/C23H29N3O/c1-16(2)19-12-10-18(11-13-19)15-24-26-22(27)25-23(5,6)21-9-7-8-20(14-21)17(3)4/h7-16H,3H2,1-2,4-6H3,(H2,25,26,27). The Balaban J connectivity index is 1.97. The molecule has 0 radical (unpaired) electrons. The Labute approximate surface area is 162 Å². The molecule has 0 unspecified atom stereocenters. The highest BCUT2D eigenvalue weighted by Crippen LogP contribution is 2.23. The average Bonchev–Trinajstić information content (AvgIpc) is 2.62. The first-order valence-electron chi connectivity index (χ1n) is 9.16. The van der Waals surface area contributed by atoms with Crippen molar-refractivity contribution in [1.82, 2.24) is 10.7 Å². The first-order valence-corrected chi connectivity index (χ1v) is 9.16. The molecule has 2 N–H and O–H groups in total. The number of hydrogen-bond acceptors (Lipinski definition) is 2. The van der Waals surface area contributed by atoms with Gasteiger partial charge in [0, 0.05) is 0 Å². The fourth-order valence-corrected chi connectivity index (χ4v) is 2.69. The minimum atomic E-state index is -0.538. The zero-order valence-corrected chi connectivity index (χ0v) is 16.8. The summed E-state index contributed by atoms with van der Waals surface area (Å²) in [4.78, 5) is 12.2. The average molecular weight is 364 g/mol. The Hall–Kier alpha value is -2.88. The lowest BCUT2D eigenvalue weighted by Gasteiger charge is -2.27. The summed E-state index contributed by atoms with van der Waals surface area (Å²) in [5.74, 6) is 0.491. The molecule has 0 fully saturated rings. The number of urea groups is 1. The third kappa shape index (κ3) is 5.81. The molecular formula is C23H29N3O. The predicted octanol–water partition coefficient (Wildman–Crippen LogP) is 5.41. The van der Waals surface area contributed by atoms with E-state index in [4.69, 9.17) is 0 Å². The van der Waals surface area contributed by atoms with Gasteiger partial charge in [-0.05, 0) is 55.0 Å². The maximum Gasteiger partial charge on any atom is 0.335 e. The van der Waals surface area contributed by atoms with Crippen molar-refractivity contribution < 1.29 is 4.79 Å². The molecule has 0 aliphatic rings. The lowest BCUT2D eigenvalue weighted by atomic mass is 9.92. The second kappa shape index (κ2) is 8.67. The van der Waals surface area contributed by atoms with Crippen LogP contribution in [-0.2, 0) is 5.54 Å². The van der Waals surface area contributed by atoms with Gasteiger partial charge in [0.15, 0.2) is 0 Å². The van der Waals surface area contributed by atoms with Gasteiger partial charge in [-0.2, -0.15) is 5.10 Å². The van der Waals surface area contributed by atoms with E-state index in [0.29, 0.717) is 5.92 Å². The summed E-state index contributed by atoms with van der Waals surface area (Å²) in [5.41, 5.74) is 7.27. The zero-order chi connectivity index (χ0) is 20.0. The first kappa shape index (κ1) is 20.4. The number of allylic oxidation sites excluding steroid dienone is 1. The van der Waals surface area contributed by atoms with Crippen molar-refractivity contribution in [3.63, 3.8) is 0 Å². The quantitative estimate of drug-likeness (QED) is 0.523. The molecule has 4 heteroatoms. The summed E-state index contributed by atoms with van der Waals surface area (Å²) >= 11 is 0. The Kier molecular flexibility index (Phi) is 6.56. The van der Waals surface area contributed by atoms with Gasteiger partial charge in [0.05, 0.1) is 11.8 Å². The number of nitrogens with zero attached hydrogens (tertiary/aromatic N) is 1. The lowest BCUT2D eigenvalue weighted by Crippen LogP contribution is -2.45. The van der Waals surface area contributed by atoms with Crippen molar-refractivity contribution in [2.24, 2.45) is 5.10 Å². The fourth-order valence-electron chi connectivity index (χ4n) is 2.69. The summed E-state index contributed by atoms with van der Waals surface area (Å²) in [6, 6.07) is 15.8. The molecule has 0 bridgehead atoms. The summed E-state index contributed by atoms with van der Waals surface area (Å²) in [7, 11) is 0. The van der Waals surface area contributed by atoms with E-state index >= 15 is 0 Å². The van der Waals surface area contributed by atoms with Crippen molar-refractivity contribution in [2.45, 2.75) is 46.1 Å². The smallest absolute Gasteiger partial charge is 0.328 e. The maximum atomic E-state index is 12.2. The van der Waals surface area contributed by atoms with E-state index in [0.717, 1.165) is 22.3 Å². The second-order valence-corrected chi connectivity index (χ2v) is 7.63. The number of carbonyl (C=O) groups excluding carboxylic acids is 1. The number of hydrazone groups is 1. The summed E-state index contributed by atoms with van der Waals surface area (Å²) in [5, 5.41) is 6.99. The summed E-state index contributed by atoms with van der Waals surface area (Å²) in [6.07, 6.45) is 1.64. The van der Waals surface area contributed by atoms with Gasteiger partial charge in [-0.1, -0.05) is 68.5 Å². The molecule has 4 nitrogen and oxygen atoms in total. The summed E-state index contributed by atoms with van der Waals surface area (Å²) in [6.45, 7) is 14.2. The van der Waals surface area contributed by atoms with E-state index < -0.39 is 5.54 Å². The van der Waals surface area contributed by atoms with Crippen LogP contribution in [0.15, 0.2) is 60.2 Å². The van der Waals surface area contributed by atoms with Gasteiger partial charge in [-0.3, -0.25) is 0 Å².